The van der Waals surface area contributed by atoms with Gasteiger partial charge in [0, 0.05) is 12.6 Å². The number of aliphatic hydroxyl groups is 1. The molecule has 0 spiro atoms. The molecule has 0 aromatic carbocycles. The molecule has 10 heavy (non-hydrogen) atoms. The molecular formula is C8H19NO. The van der Waals surface area contributed by atoms with Gasteiger partial charge in [-0.15, -0.1) is 0 Å². The normalized spacial score (nSPS) is 11.4. The second-order valence-electron chi connectivity index (χ2n) is 3.01. The monoisotopic (exact) mass is 145 g/mol. The first-order valence-corrected chi connectivity index (χ1v) is 3.99. The van der Waals surface area contributed by atoms with Crippen molar-refractivity contribution in [2.24, 2.45) is 0 Å². The number of nitrogens with zero attached hydrogens (tertiary/aromatic N) is 1. The molecular weight excluding hydrogens is 126 g/mol. The Morgan fingerprint density at radius 1 is 1.30 bits per heavy atom. The van der Waals surface area contributed by atoms with Gasteiger partial charge < -0.3 is 10.0 Å². The first-order valence-electron chi connectivity index (χ1n) is 3.99. The van der Waals surface area contributed by atoms with Crippen molar-refractivity contribution < 1.29 is 5.11 Å². The Bertz CT molecular complexity index is 73.7. The van der Waals surface area contributed by atoms with Gasteiger partial charge in [0.1, 0.15) is 0 Å². The van der Waals surface area contributed by atoms with Crippen LogP contribution in [0.5, 0.6) is 0 Å². The molecule has 0 rings (SSSR count). The minimum atomic E-state index is 0.325. The third-order valence-electron chi connectivity index (χ3n) is 1.80. The van der Waals surface area contributed by atoms with E-state index >= 15 is 0 Å². The number of hydrogen-bond donors (Lipinski definition) is 1. The van der Waals surface area contributed by atoms with Crippen molar-refractivity contribution in [3.8, 4) is 0 Å². The third kappa shape index (κ3) is 4.77. The molecule has 0 saturated heterocycles. The molecule has 0 aromatic heterocycles. The molecule has 0 amide bonds. The first kappa shape index (κ1) is 9.92. The molecule has 2 heteroatoms. The summed E-state index contributed by atoms with van der Waals surface area (Å²) in [6.07, 6.45) is 2.03. The van der Waals surface area contributed by atoms with Crippen LogP contribution >= 0.6 is 0 Å². The molecule has 0 unspecified atom stereocenters. The van der Waals surface area contributed by atoms with Gasteiger partial charge in [-0.05, 0) is 40.3 Å². The van der Waals surface area contributed by atoms with Crippen LogP contribution in [0.1, 0.15) is 26.7 Å². The van der Waals surface area contributed by atoms with E-state index in [9.17, 15) is 0 Å². The summed E-state index contributed by atoms with van der Waals surface area (Å²) in [6, 6.07) is 0.624. The smallest absolute Gasteiger partial charge is 0.0431 e. The minimum Gasteiger partial charge on any atom is -0.396 e. The highest BCUT2D eigenvalue weighted by Gasteiger charge is 2.00. The molecule has 0 radical (unpaired) electrons. The summed E-state index contributed by atoms with van der Waals surface area (Å²) in [5.74, 6) is 0. The molecule has 0 aliphatic carbocycles. The molecule has 0 saturated carbocycles. The van der Waals surface area contributed by atoms with Crippen molar-refractivity contribution in [3.05, 3.63) is 0 Å². The van der Waals surface area contributed by atoms with E-state index in [4.69, 9.17) is 5.11 Å². The van der Waals surface area contributed by atoms with Crippen molar-refractivity contribution in [1.29, 1.82) is 0 Å². The van der Waals surface area contributed by atoms with Crippen LogP contribution < -0.4 is 0 Å². The van der Waals surface area contributed by atoms with E-state index in [1.165, 1.54) is 0 Å². The van der Waals surface area contributed by atoms with E-state index in [1.807, 2.05) is 0 Å². The second-order valence-corrected chi connectivity index (χ2v) is 3.01. The predicted octanol–water partition coefficient (Wildman–Crippen LogP) is 1.10. The van der Waals surface area contributed by atoms with E-state index in [1.54, 1.807) is 0 Å². The molecule has 0 aliphatic heterocycles. The summed E-state index contributed by atoms with van der Waals surface area (Å²) in [5.41, 5.74) is 0. The van der Waals surface area contributed by atoms with E-state index in [0.717, 1.165) is 19.4 Å². The summed E-state index contributed by atoms with van der Waals surface area (Å²) >= 11 is 0. The van der Waals surface area contributed by atoms with Crippen molar-refractivity contribution in [1.82, 2.24) is 4.90 Å². The van der Waals surface area contributed by atoms with Crippen LogP contribution in [0.15, 0.2) is 0 Å². The fraction of sp³-hybridized carbons (Fsp3) is 1.00. The first-order chi connectivity index (χ1) is 4.68. The fourth-order valence-electron chi connectivity index (χ4n) is 0.731. The van der Waals surface area contributed by atoms with Gasteiger partial charge in [0.05, 0.1) is 0 Å². The highest BCUT2D eigenvalue weighted by molar-refractivity contribution is 4.55. The van der Waals surface area contributed by atoms with Crippen LogP contribution in [0.2, 0.25) is 0 Å². The summed E-state index contributed by atoms with van der Waals surface area (Å²) in [6.45, 7) is 5.78. The zero-order valence-corrected chi connectivity index (χ0v) is 7.30. The second kappa shape index (κ2) is 5.69. The van der Waals surface area contributed by atoms with Crippen LogP contribution in [-0.2, 0) is 0 Å². The van der Waals surface area contributed by atoms with Gasteiger partial charge >= 0.3 is 0 Å². The molecule has 0 fully saturated rings. The topological polar surface area (TPSA) is 23.5 Å². The summed E-state index contributed by atoms with van der Waals surface area (Å²) in [7, 11) is 2.11. The Kier molecular flexibility index (Phi) is 5.64. The van der Waals surface area contributed by atoms with Crippen molar-refractivity contribution in [3.63, 3.8) is 0 Å². The molecule has 62 valence electrons. The SMILES string of the molecule is CC(C)N(C)CCCCO. The lowest BCUT2D eigenvalue weighted by atomic mass is 10.2. The Labute approximate surface area is 63.8 Å². The Hall–Kier alpha value is -0.0800. The Balaban J connectivity index is 3.13. The van der Waals surface area contributed by atoms with E-state index < -0.39 is 0 Å². The van der Waals surface area contributed by atoms with Crippen LogP contribution in [0.25, 0.3) is 0 Å². The van der Waals surface area contributed by atoms with Crippen molar-refractivity contribution >= 4 is 0 Å². The van der Waals surface area contributed by atoms with Crippen molar-refractivity contribution in [2.45, 2.75) is 32.7 Å². The molecule has 0 aliphatic rings. The summed E-state index contributed by atoms with van der Waals surface area (Å²) in [5, 5.41) is 8.50. The average Bonchev–Trinajstić information content (AvgIpc) is 1.88. The molecule has 2 nitrogen and oxygen atoms in total. The predicted molar refractivity (Wildman–Crippen MR) is 44.1 cm³/mol. The molecule has 0 heterocycles. The van der Waals surface area contributed by atoms with Crippen LogP contribution in [0.3, 0.4) is 0 Å². The number of hydrogen-bond acceptors (Lipinski definition) is 2. The lowest BCUT2D eigenvalue weighted by Crippen LogP contribution is -2.27. The Morgan fingerprint density at radius 3 is 2.30 bits per heavy atom. The van der Waals surface area contributed by atoms with E-state index in [0.29, 0.717) is 12.6 Å². The largest absolute Gasteiger partial charge is 0.396 e. The lowest BCUT2D eigenvalue weighted by Gasteiger charge is -2.20. The lowest BCUT2D eigenvalue weighted by molar-refractivity contribution is 0.241. The van der Waals surface area contributed by atoms with Crippen LogP contribution in [0, 0.1) is 0 Å². The zero-order valence-electron chi connectivity index (χ0n) is 7.30. The highest BCUT2D eigenvalue weighted by atomic mass is 16.2. The standard InChI is InChI=1S/C8H19NO/c1-8(2)9(3)6-4-5-7-10/h8,10H,4-7H2,1-3H3. The number of unbranched alkanes of at least 4 members (excludes halogenated alkanes) is 1. The minimum absolute atomic E-state index is 0.325. The average molecular weight is 145 g/mol. The molecule has 0 bridgehead atoms. The van der Waals surface area contributed by atoms with E-state index in [-0.39, 0.29) is 0 Å². The number of rotatable bonds is 5. The van der Waals surface area contributed by atoms with Gasteiger partial charge in [-0.1, -0.05) is 0 Å². The van der Waals surface area contributed by atoms with Gasteiger partial charge in [-0.3, -0.25) is 0 Å². The molecule has 0 aromatic rings. The molecule has 1 N–H and O–H groups in total. The highest BCUT2D eigenvalue weighted by Crippen LogP contribution is 1.96. The molecule has 0 atom stereocenters. The van der Waals surface area contributed by atoms with Gasteiger partial charge in [0.25, 0.3) is 0 Å². The quantitative estimate of drug-likeness (QED) is 0.586. The van der Waals surface area contributed by atoms with Gasteiger partial charge in [0.15, 0.2) is 0 Å². The number of aliphatic hydroxyl groups excluding tert-OH is 1. The van der Waals surface area contributed by atoms with Crippen LogP contribution in [0.4, 0.5) is 0 Å². The van der Waals surface area contributed by atoms with E-state index in [2.05, 4.69) is 25.8 Å². The fourth-order valence-corrected chi connectivity index (χ4v) is 0.731. The van der Waals surface area contributed by atoms with Gasteiger partial charge in [-0.25, -0.2) is 0 Å². The summed E-state index contributed by atoms with van der Waals surface area (Å²) in [4.78, 5) is 2.29. The summed E-state index contributed by atoms with van der Waals surface area (Å²) < 4.78 is 0. The van der Waals surface area contributed by atoms with Crippen molar-refractivity contribution in [2.75, 3.05) is 20.2 Å². The third-order valence-corrected chi connectivity index (χ3v) is 1.80. The zero-order chi connectivity index (χ0) is 7.98. The maximum atomic E-state index is 8.50. The Morgan fingerprint density at radius 2 is 1.90 bits per heavy atom. The van der Waals surface area contributed by atoms with Gasteiger partial charge in [0.2, 0.25) is 0 Å². The maximum Gasteiger partial charge on any atom is 0.0431 e. The maximum absolute atomic E-state index is 8.50. The van der Waals surface area contributed by atoms with Crippen LogP contribution in [-0.4, -0.2) is 36.2 Å². The van der Waals surface area contributed by atoms with Gasteiger partial charge in [-0.2, -0.15) is 0 Å².